The number of para-hydroxylation sites is 1. The molecule has 1 aromatic heterocycles. The third kappa shape index (κ3) is 5.06. The minimum absolute atomic E-state index is 0.0349. The third-order valence-electron chi connectivity index (χ3n) is 7.27. The zero-order chi connectivity index (χ0) is 26.2. The Labute approximate surface area is 217 Å². The number of hydrogen-bond donors (Lipinski definition) is 1. The van der Waals surface area contributed by atoms with Crippen LogP contribution in [0.15, 0.2) is 70.3 Å². The van der Waals surface area contributed by atoms with E-state index in [1.807, 2.05) is 42.5 Å². The Kier molecular flexibility index (Phi) is 6.92. The van der Waals surface area contributed by atoms with Crippen LogP contribution in [0.3, 0.4) is 0 Å². The highest BCUT2D eigenvalue weighted by Gasteiger charge is 2.44. The lowest BCUT2D eigenvalue weighted by Crippen LogP contribution is -2.39. The molecule has 0 bridgehead atoms. The average molecular weight is 503 g/mol. The van der Waals surface area contributed by atoms with Crippen LogP contribution >= 0.6 is 0 Å². The van der Waals surface area contributed by atoms with Crippen molar-refractivity contribution in [2.75, 3.05) is 39.4 Å². The number of nitrogens with zero attached hydrogens (tertiary/aromatic N) is 2. The molecule has 194 valence electrons. The predicted octanol–water partition coefficient (Wildman–Crippen LogP) is 5.03. The number of morpholine rings is 1. The zero-order valence-corrected chi connectivity index (χ0v) is 21.7. The summed E-state index contributed by atoms with van der Waals surface area (Å²) in [5.74, 6) is -1.38. The van der Waals surface area contributed by atoms with E-state index in [1.165, 1.54) is 0 Å². The molecule has 1 N–H and O–H groups in total. The molecule has 7 heteroatoms. The van der Waals surface area contributed by atoms with Gasteiger partial charge in [-0.3, -0.25) is 14.5 Å². The van der Waals surface area contributed by atoms with Crippen molar-refractivity contribution in [3.05, 3.63) is 82.8 Å². The van der Waals surface area contributed by atoms with Gasteiger partial charge in [0.1, 0.15) is 5.58 Å². The molecule has 2 aliphatic rings. The Morgan fingerprint density at radius 1 is 1.03 bits per heavy atom. The Balaban J connectivity index is 1.47. The molecule has 0 unspecified atom stereocenters. The van der Waals surface area contributed by atoms with Gasteiger partial charge < -0.3 is 19.2 Å². The molecule has 1 fully saturated rings. The summed E-state index contributed by atoms with van der Waals surface area (Å²) in [5.41, 5.74) is 2.56. The summed E-state index contributed by atoms with van der Waals surface area (Å²) in [6, 6.07) is 16.3. The minimum atomic E-state index is -0.688. The number of fused-ring (bicyclic) bond motifs is 1. The van der Waals surface area contributed by atoms with E-state index in [0.717, 1.165) is 42.6 Å². The molecule has 0 saturated carbocycles. The maximum Gasteiger partial charge on any atom is 0.290 e. The van der Waals surface area contributed by atoms with Crippen LogP contribution in [0.2, 0.25) is 0 Å². The van der Waals surface area contributed by atoms with Crippen molar-refractivity contribution in [1.29, 1.82) is 0 Å². The number of ketones is 1. The van der Waals surface area contributed by atoms with Crippen LogP contribution < -0.4 is 0 Å². The molecule has 0 spiro atoms. The van der Waals surface area contributed by atoms with Crippen LogP contribution in [0.5, 0.6) is 0 Å². The van der Waals surface area contributed by atoms with Gasteiger partial charge in [0, 0.05) is 31.6 Å². The van der Waals surface area contributed by atoms with Crippen molar-refractivity contribution in [3.8, 4) is 0 Å². The number of rotatable bonds is 7. The molecule has 2 aliphatic heterocycles. The largest absolute Gasteiger partial charge is 0.503 e. The monoisotopic (exact) mass is 502 g/mol. The molecule has 1 amide bonds. The highest BCUT2D eigenvalue weighted by atomic mass is 16.5. The van der Waals surface area contributed by atoms with Crippen molar-refractivity contribution in [1.82, 2.24) is 9.80 Å². The standard InChI is InChI=1S/C30H34N2O5/c1-30(2,3)22-11-9-20(10-12-22)26-25(27(33)24-19-21-7-4-5-8-23(21)37-24)28(34)29(35)32(26)14-6-13-31-15-17-36-18-16-31/h4-5,7-12,19,26,34H,6,13-18H2,1-3H3/t26-/m1/s1. The summed E-state index contributed by atoms with van der Waals surface area (Å²) < 4.78 is 11.3. The van der Waals surface area contributed by atoms with Crippen LogP contribution in [-0.4, -0.2) is 66.0 Å². The Morgan fingerprint density at radius 2 is 1.73 bits per heavy atom. The second-order valence-electron chi connectivity index (χ2n) is 10.8. The first-order valence-corrected chi connectivity index (χ1v) is 12.9. The van der Waals surface area contributed by atoms with Crippen LogP contribution in [0.4, 0.5) is 0 Å². The van der Waals surface area contributed by atoms with Crippen molar-refractivity contribution >= 4 is 22.7 Å². The van der Waals surface area contributed by atoms with Crippen LogP contribution in [0.25, 0.3) is 11.0 Å². The van der Waals surface area contributed by atoms with E-state index in [1.54, 1.807) is 17.0 Å². The minimum Gasteiger partial charge on any atom is -0.503 e. The van der Waals surface area contributed by atoms with Gasteiger partial charge in [-0.2, -0.15) is 0 Å². The molecule has 3 aromatic rings. The van der Waals surface area contributed by atoms with Gasteiger partial charge in [0.05, 0.1) is 24.8 Å². The molecular formula is C30H34N2O5. The maximum atomic E-state index is 13.7. The van der Waals surface area contributed by atoms with Gasteiger partial charge in [-0.15, -0.1) is 0 Å². The van der Waals surface area contributed by atoms with Crippen molar-refractivity contribution in [2.24, 2.45) is 0 Å². The molecule has 7 nitrogen and oxygen atoms in total. The summed E-state index contributed by atoms with van der Waals surface area (Å²) in [7, 11) is 0. The molecule has 5 rings (SSSR count). The van der Waals surface area contributed by atoms with Crippen molar-refractivity contribution in [3.63, 3.8) is 0 Å². The fraction of sp³-hybridized carbons (Fsp3) is 0.400. The van der Waals surface area contributed by atoms with Gasteiger partial charge in [-0.25, -0.2) is 0 Å². The number of aliphatic hydroxyl groups excluding tert-OH is 1. The first kappa shape index (κ1) is 25.2. The van der Waals surface area contributed by atoms with Gasteiger partial charge in [0.2, 0.25) is 5.78 Å². The SMILES string of the molecule is CC(C)(C)c1ccc([C@@H]2C(C(=O)c3cc4ccccc4o3)=C(O)C(=O)N2CCCN2CCOCC2)cc1. The van der Waals surface area contributed by atoms with Crippen molar-refractivity contribution in [2.45, 2.75) is 38.6 Å². The van der Waals surface area contributed by atoms with E-state index in [4.69, 9.17) is 9.15 Å². The summed E-state index contributed by atoms with van der Waals surface area (Å²) in [6.45, 7) is 10.8. The lowest BCUT2D eigenvalue weighted by molar-refractivity contribution is -0.129. The maximum absolute atomic E-state index is 13.7. The van der Waals surface area contributed by atoms with E-state index < -0.39 is 23.5 Å². The number of hydrogen-bond acceptors (Lipinski definition) is 6. The van der Waals surface area contributed by atoms with Gasteiger partial charge in [-0.1, -0.05) is 63.2 Å². The Bertz CT molecular complexity index is 1290. The molecule has 1 atom stereocenters. The number of benzene rings is 2. The van der Waals surface area contributed by atoms with Crippen LogP contribution in [0.1, 0.15) is 54.9 Å². The molecule has 2 aromatic carbocycles. The summed E-state index contributed by atoms with van der Waals surface area (Å²) in [5, 5.41) is 11.8. The fourth-order valence-corrected chi connectivity index (χ4v) is 5.14. The second kappa shape index (κ2) is 10.1. The summed E-state index contributed by atoms with van der Waals surface area (Å²) in [4.78, 5) is 31.0. The number of furan rings is 1. The van der Waals surface area contributed by atoms with Gasteiger partial charge in [0.25, 0.3) is 5.91 Å². The van der Waals surface area contributed by atoms with Crippen LogP contribution in [0, 0.1) is 0 Å². The van der Waals surface area contributed by atoms with Crippen molar-refractivity contribution < 1.29 is 23.8 Å². The molecule has 0 aliphatic carbocycles. The zero-order valence-electron chi connectivity index (χ0n) is 21.7. The van der Waals surface area contributed by atoms with E-state index in [0.29, 0.717) is 25.3 Å². The lowest BCUT2D eigenvalue weighted by atomic mass is 9.85. The Morgan fingerprint density at radius 3 is 2.41 bits per heavy atom. The van der Waals surface area contributed by atoms with Crippen LogP contribution in [-0.2, 0) is 14.9 Å². The quantitative estimate of drug-likeness (QED) is 0.456. The van der Waals surface area contributed by atoms with Gasteiger partial charge in [0.15, 0.2) is 11.5 Å². The summed E-state index contributed by atoms with van der Waals surface area (Å²) >= 11 is 0. The average Bonchev–Trinajstić information content (AvgIpc) is 3.43. The first-order valence-electron chi connectivity index (χ1n) is 12.9. The normalized spacial score (nSPS) is 19.3. The summed E-state index contributed by atoms with van der Waals surface area (Å²) in [6.07, 6.45) is 0.724. The number of Topliss-reactive ketones (excluding diaryl/α,β-unsaturated/α-hetero) is 1. The lowest BCUT2D eigenvalue weighted by Gasteiger charge is -2.30. The number of carbonyl (C=O) groups excluding carboxylic acids is 2. The Hall–Kier alpha value is -3.42. The highest BCUT2D eigenvalue weighted by molar-refractivity contribution is 6.16. The third-order valence-corrected chi connectivity index (χ3v) is 7.27. The van der Waals surface area contributed by atoms with Gasteiger partial charge >= 0.3 is 0 Å². The number of carbonyl (C=O) groups is 2. The smallest absolute Gasteiger partial charge is 0.290 e. The van der Waals surface area contributed by atoms with E-state index in [2.05, 4.69) is 25.7 Å². The second-order valence-corrected chi connectivity index (χ2v) is 10.8. The molecule has 37 heavy (non-hydrogen) atoms. The fourth-order valence-electron chi connectivity index (χ4n) is 5.14. The molecule has 0 radical (unpaired) electrons. The van der Waals surface area contributed by atoms with E-state index in [-0.39, 0.29) is 16.7 Å². The van der Waals surface area contributed by atoms with Gasteiger partial charge in [-0.05, 0) is 35.1 Å². The first-order chi connectivity index (χ1) is 17.7. The topological polar surface area (TPSA) is 83.2 Å². The highest BCUT2D eigenvalue weighted by Crippen LogP contribution is 2.40. The molecular weight excluding hydrogens is 468 g/mol. The number of amides is 1. The molecule has 3 heterocycles. The number of aliphatic hydroxyl groups is 1. The van der Waals surface area contributed by atoms with E-state index >= 15 is 0 Å². The predicted molar refractivity (Wildman–Crippen MR) is 142 cm³/mol. The number of ether oxygens (including phenoxy) is 1. The van der Waals surface area contributed by atoms with E-state index in [9.17, 15) is 14.7 Å². The molecule has 1 saturated heterocycles.